The third kappa shape index (κ3) is 5.29. The van der Waals surface area contributed by atoms with Crippen molar-refractivity contribution < 1.29 is 0 Å². The zero-order valence-electron chi connectivity index (χ0n) is 9.76. The molecule has 0 fully saturated rings. The summed E-state index contributed by atoms with van der Waals surface area (Å²) in [6, 6.07) is 0. The van der Waals surface area contributed by atoms with Crippen LogP contribution in [0.3, 0.4) is 0 Å². The molecule has 0 aromatic carbocycles. The number of hydrogen-bond donors (Lipinski definition) is 2. The van der Waals surface area contributed by atoms with Gasteiger partial charge in [-0.15, -0.1) is 16.3 Å². The molecule has 0 bridgehead atoms. The van der Waals surface area contributed by atoms with Crippen LogP contribution in [0.25, 0.3) is 0 Å². The van der Waals surface area contributed by atoms with Crippen LogP contribution in [0.15, 0.2) is 16.6 Å². The highest BCUT2D eigenvalue weighted by atomic mass is 32.1. The molecule has 3 N–H and O–H groups in total. The summed E-state index contributed by atoms with van der Waals surface area (Å²) in [4.78, 5) is 9.39. The summed E-state index contributed by atoms with van der Waals surface area (Å²) >= 11 is 1.64. The standard InChI is InChI=1S/C10H16N6S/c1-16(10(12)15-8-11)5-2-3-13-7-9-14-4-6-17-9/h4,6,13H,2-3,5,7H2,1H3,(H2,12,15). The molecule has 1 rings (SSSR count). The molecule has 17 heavy (non-hydrogen) atoms. The van der Waals surface area contributed by atoms with Crippen LogP contribution >= 0.6 is 11.3 Å². The molecular weight excluding hydrogens is 236 g/mol. The molecule has 0 spiro atoms. The lowest BCUT2D eigenvalue weighted by molar-refractivity contribution is 0.470. The topological polar surface area (TPSA) is 90.3 Å². The minimum Gasteiger partial charge on any atom is -0.369 e. The second-order valence-corrected chi connectivity index (χ2v) is 4.43. The SMILES string of the molecule is CN(CCCNCc1nccs1)C(N)=NC#N. The average molecular weight is 252 g/mol. The largest absolute Gasteiger partial charge is 0.369 e. The van der Waals surface area contributed by atoms with Gasteiger partial charge in [-0.05, 0) is 13.0 Å². The molecule has 1 heterocycles. The predicted molar refractivity (Wildman–Crippen MR) is 68.3 cm³/mol. The van der Waals surface area contributed by atoms with Gasteiger partial charge in [0.25, 0.3) is 0 Å². The normalized spacial score (nSPS) is 11.2. The quantitative estimate of drug-likeness (QED) is 0.330. The van der Waals surface area contributed by atoms with Gasteiger partial charge in [0.05, 0.1) is 0 Å². The van der Waals surface area contributed by atoms with E-state index in [-0.39, 0.29) is 5.96 Å². The van der Waals surface area contributed by atoms with Crippen LogP contribution in [0, 0.1) is 11.5 Å². The Hall–Kier alpha value is -1.65. The highest BCUT2D eigenvalue weighted by molar-refractivity contribution is 7.09. The number of nitrogens with two attached hydrogens (primary N) is 1. The fourth-order valence-electron chi connectivity index (χ4n) is 1.23. The van der Waals surface area contributed by atoms with Crippen molar-refractivity contribution in [1.82, 2.24) is 15.2 Å². The van der Waals surface area contributed by atoms with E-state index in [9.17, 15) is 0 Å². The van der Waals surface area contributed by atoms with Gasteiger partial charge in [0, 0.05) is 31.7 Å². The summed E-state index contributed by atoms with van der Waals surface area (Å²) in [6.07, 6.45) is 4.40. The Kier molecular flexibility index (Phi) is 5.99. The number of thiazole rings is 1. The molecule has 0 atom stereocenters. The summed E-state index contributed by atoms with van der Waals surface area (Å²) in [5.41, 5.74) is 5.54. The van der Waals surface area contributed by atoms with Crippen molar-refractivity contribution in [3.05, 3.63) is 16.6 Å². The Bertz CT molecular complexity index is 380. The molecule has 0 aliphatic rings. The number of rotatable bonds is 6. The van der Waals surface area contributed by atoms with Gasteiger partial charge in [-0.1, -0.05) is 0 Å². The number of hydrogen-bond acceptors (Lipinski definition) is 5. The fraction of sp³-hybridized carbons (Fsp3) is 0.500. The minimum absolute atomic E-state index is 0.257. The Morgan fingerprint density at radius 3 is 3.24 bits per heavy atom. The van der Waals surface area contributed by atoms with Crippen LogP contribution in [0.1, 0.15) is 11.4 Å². The van der Waals surface area contributed by atoms with Crippen LogP contribution in [0.5, 0.6) is 0 Å². The van der Waals surface area contributed by atoms with Gasteiger partial charge in [0.1, 0.15) is 5.01 Å². The van der Waals surface area contributed by atoms with E-state index in [0.29, 0.717) is 0 Å². The Labute approximate surface area is 105 Å². The van der Waals surface area contributed by atoms with E-state index in [1.165, 1.54) is 0 Å². The van der Waals surface area contributed by atoms with Crippen molar-refractivity contribution in [2.24, 2.45) is 10.7 Å². The second-order valence-electron chi connectivity index (χ2n) is 3.45. The molecule has 0 saturated carbocycles. The van der Waals surface area contributed by atoms with Crippen LogP contribution in [-0.4, -0.2) is 36.0 Å². The number of aliphatic imine (C=N–C) groups is 1. The fourth-order valence-corrected chi connectivity index (χ4v) is 1.81. The Morgan fingerprint density at radius 1 is 1.76 bits per heavy atom. The van der Waals surface area contributed by atoms with Gasteiger partial charge in [-0.2, -0.15) is 5.26 Å². The minimum atomic E-state index is 0.257. The molecule has 6 nitrogen and oxygen atoms in total. The van der Waals surface area contributed by atoms with Gasteiger partial charge < -0.3 is 16.0 Å². The van der Waals surface area contributed by atoms with Gasteiger partial charge in [-0.25, -0.2) is 4.98 Å². The first-order valence-corrected chi connectivity index (χ1v) is 6.14. The highest BCUT2D eigenvalue weighted by Gasteiger charge is 2.00. The monoisotopic (exact) mass is 252 g/mol. The smallest absolute Gasteiger partial charge is 0.209 e. The van der Waals surface area contributed by atoms with Crippen LogP contribution in [0.2, 0.25) is 0 Å². The van der Waals surface area contributed by atoms with E-state index in [2.05, 4.69) is 15.3 Å². The Balaban J connectivity index is 2.08. The van der Waals surface area contributed by atoms with E-state index >= 15 is 0 Å². The highest BCUT2D eigenvalue weighted by Crippen LogP contribution is 2.02. The van der Waals surface area contributed by atoms with E-state index in [4.69, 9.17) is 11.0 Å². The van der Waals surface area contributed by atoms with Crippen molar-refractivity contribution >= 4 is 17.3 Å². The molecule has 0 aliphatic heterocycles. The molecule has 92 valence electrons. The van der Waals surface area contributed by atoms with Crippen molar-refractivity contribution in [1.29, 1.82) is 5.26 Å². The predicted octanol–water partition coefficient (Wildman–Crippen LogP) is 0.350. The number of nitrogens with zero attached hydrogens (tertiary/aromatic N) is 4. The van der Waals surface area contributed by atoms with Crippen molar-refractivity contribution in [2.45, 2.75) is 13.0 Å². The first-order valence-electron chi connectivity index (χ1n) is 5.26. The zero-order chi connectivity index (χ0) is 12.5. The molecule has 0 unspecified atom stereocenters. The summed E-state index contributed by atoms with van der Waals surface area (Å²) in [5, 5.41) is 14.7. The van der Waals surface area contributed by atoms with Gasteiger partial charge >= 0.3 is 0 Å². The van der Waals surface area contributed by atoms with E-state index in [1.54, 1.807) is 28.6 Å². The number of nitriles is 1. The van der Waals surface area contributed by atoms with Crippen molar-refractivity contribution in [2.75, 3.05) is 20.1 Å². The zero-order valence-corrected chi connectivity index (χ0v) is 10.6. The lowest BCUT2D eigenvalue weighted by atomic mass is 10.4. The first-order chi connectivity index (χ1) is 8.24. The van der Waals surface area contributed by atoms with Crippen LogP contribution < -0.4 is 11.1 Å². The first kappa shape index (κ1) is 13.4. The van der Waals surface area contributed by atoms with Gasteiger partial charge in [0.2, 0.25) is 12.2 Å². The molecule has 0 saturated heterocycles. The molecular formula is C10H16N6S. The van der Waals surface area contributed by atoms with E-state index in [0.717, 1.165) is 31.1 Å². The van der Waals surface area contributed by atoms with Gasteiger partial charge in [0.15, 0.2) is 0 Å². The molecule has 7 heteroatoms. The van der Waals surface area contributed by atoms with Gasteiger partial charge in [-0.3, -0.25) is 0 Å². The summed E-state index contributed by atoms with van der Waals surface area (Å²) in [5.74, 6) is 0.257. The molecule has 0 amide bonds. The van der Waals surface area contributed by atoms with Crippen molar-refractivity contribution in [3.8, 4) is 6.19 Å². The molecule has 1 aromatic rings. The average Bonchev–Trinajstić information content (AvgIpc) is 2.81. The Morgan fingerprint density at radius 2 is 2.59 bits per heavy atom. The molecule has 1 aromatic heterocycles. The maximum absolute atomic E-state index is 8.34. The second kappa shape index (κ2) is 7.60. The molecule has 0 aliphatic carbocycles. The summed E-state index contributed by atoms with van der Waals surface area (Å²) in [7, 11) is 1.82. The lowest BCUT2D eigenvalue weighted by Crippen LogP contribution is -2.35. The maximum atomic E-state index is 8.34. The lowest BCUT2D eigenvalue weighted by Gasteiger charge is -2.16. The van der Waals surface area contributed by atoms with Crippen LogP contribution in [-0.2, 0) is 6.54 Å². The van der Waals surface area contributed by atoms with Crippen LogP contribution in [0.4, 0.5) is 0 Å². The van der Waals surface area contributed by atoms with E-state index < -0.39 is 0 Å². The third-order valence-electron chi connectivity index (χ3n) is 2.16. The number of nitrogens with one attached hydrogen (secondary N) is 1. The number of guanidine groups is 1. The maximum Gasteiger partial charge on any atom is 0.209 e. The van der Waals surface area contributed by atoms with E-state index in [1.807, 2.05) is 12.4 Å². The van der Waals surface area contributed by atoms with Crippen molar-refractivity contribution in [3.63, 3.8) is 0 Å². The number of aromatic nitrogens is 1. The third-order valence-corrected chi connectivity index (χ3v) is 2.94. The summed E-state index contributed by atoms with van der Waals surface area (Å²) in [6.45, 7) is 2.44. The molecule has 0 radical (unpaired) electrons. The summed E-state index contributed by atoms with van der Waals surface area (Å²) < 4.78 is 0.